The lowest BCUT2D eigenvalue weighted by atomic mass is 9.84. The van der Waals surface area contributed by atoms with E-state index in [9.17, 15) is 4.79 Å². The van der Waals surface area contributed by atoms with Crippen LogP contribution in [0.4, 0.5) is 0 Å². The number of piperidine rings is 2. The molecular weight excluding hydrogens is 419 g/mol. The highest BCUT2D eigenvalue weighted by Gasteiger charge is 2.40. The summed E-state index contributed by atoms with van der Waals surface area (Å²) >= 11 is 0. The molecule has 2 fully saturated rings. The molecule has 0 aromatic heterocycles. The number of carbonyl (C=O) groups is 1. The number of nitrogens with zero attached hydrogens (tertiary/aromatic N) is 2. The van der Waals surface area contributed by atoms with Crippen molar-refractivity contribution in [3.8, 4) is 0 Å². The van der Waals surface area contributed by atoms with E-state index in [0.29, 0.717) is 6.54 Å². The fraction of sp³-hybridized carbons (Fsp3) is 0.650. The second kappa shape index (κ2) is 12.9. The van der Waals surface area contributed by atoms with E-state index in [0.717, 1.165) is 44.6 Å². The lowest BCUT2D eigenvalue weighted by Crippen LogP contribution is -2.61. The maximum atomic E-state index is 12.6. The molecule has 3 N–H and O–H groups in total. The first-order valence-corrected chi connectivity index (χ1v) is 9.63. The average Bonchev–Trinajstić information content (AvgIpc) is 2.68. The van der Waals surface area contributed by atoms with Gasteiger partial charge in [0, 0.05) is 12.1 Å². The highest BCUT2D eigenvalue weighted by atomic mass is 35.5. The van der Waals surface area contributed by atoms with Gasteiger partial charge in [0.1, 0.15) is 6.04 Å². The minimum atomic E-state index is -0.592. The molecule has 2 aliphatic heterocycles. The predicted octanol–water partition coefficient (Wildman–Crippen LogP) is 3.02. The first-order chi connectivity index (χ1) is 12.1. The Kier molecular flexibility index (Phi) is 12.6. The van der Waals surface area contributed by atoms with Crippen LogP contribution in [0.2, 0.25) is 0 Å². The molecule has 1 unspecified atom stereocenters. The van der Waals surface area contributed by atoms with Crippen LogP contribution in [0.5, 0.6) is 0 Å². The molecule has 2 saturated heterocycles. The summed E-state index contributed by atoms with van der Waals surface area (Å²) in [7, 11) is 2.18. The van der Waals surface area contributed by atoms with Crippen molar-refractivity contribution in [3.63, 3.8) is 0 Å². The van der Waals surface area contributed by atoms with E-state index in [1.807, 2.05) is 30.3 Å². The van der Waals surface area contributed by atoms with Gasteiger partial charge in [-0.25, -0.2) is 0 Å². The lowest BCUT2D eigenvalue weighted by Gasteiger charge is -2.50. The van der Waals surface area contributed by atoms with Crippen molar-refractivity contribution >= 4 is 43.1 Å². The molecule has 1 amide bonds. The van der Waals surface area contributed by atoms with Crippen molar-refractivity contribution in [1.82, 2.24) is 15.1 Å². The summed E-state index contributed by atoms with van der Waals surface area (Å²) in [5.74, 6) is -0.0680. The number of nitrogens with one attached hydrogen (secondary N) is 1. The summed E-state index contributed by atoms with van der Waals surface area (Å²) in [6, 6.07) is 9.03. The number of amides is 1. The van der Waals surface area contributed by atoms with E-state index >= 15 is 0 Å². The number of benzene rings is 1. The molecule has 0 aliphatic carbocycles. The Bertz CT molecular complexity index is 562. The van der Waals surface area contributed by atoms with Crippen LogP contribution in [-0.4, -0.2) is 61.0 Å². The van der Waals surface area contributed by atoms with Crippen LogP contribution in [0.3, 0.4) is 0 Å². The molecule has 0 saturated carbocycles. The van der Waals surface area contributed by atoms with Crippen LogP contribution < -0.4 is 11.1 Å². The number of likely N-dealkylation sites (tertiary alicyclic amines) is 2. The van der Waals surface area contributed by atoms with Gasteiger partial charge in [0.2, 0.25) is 5.91 Å². The molecule has 0 radical (unpaired) electrons. The molecule has 1 aromatic rings. The van der Waals surface area contributed by atoms with Gasteiger partial charge in [-0.15, -0.1) is 37.2 Å². The molecule has 162 valence electrons. The van der Waals surface area contributed by atoms with Gasteiger partial charge in [0.05, 0.1) is 0 Å². The Morgan fingerprint density at radius 2 is 1.61 bits per heavy atom. The summed E-state index contributed by atoms with van der Waals surface area (Å²) < 4.78 is 0. The van der Waals surface area contributed by atoms with Gasteiger partial charge < -0.3 is 16.0 Å². The normalized spacial score (nSPS) is 20.6. The summed E-state index contributed by atoms with van der Waals surface area (Å²) in [5, 5.41) is 3.18. The molecule has 2 heterocycles. The minimum Gasteiger partial charge on any atom is -0.353 e. The van der Waals surface area contributed by atoms with Crippen molar-refractivity contribution in [1.29, 1.82) is 0 Å². The number of halogens is 3. The molecule has 1 aromatic carbocycles. The van der Waals surface area contributed by atoms with Gasteiger partial charge in [-0.1, -0.05) is 36.8 Å². The van der Waals surface area contributed by atoms with Crippen LogP contribution >= 0.6 is 37.2 Å². The zero-order valence-electron chi connectivity index (χ0n) is 16.6. The van der Waals surface area contributed by atoms with Gasteiger partial charge in [0.15, 0.2) is 0 Å². The van der Waals surface area contributed by atoms with E-state index in [4.69, 9.17) is 5.73 Å². The van der Waals surface area contributed by atoms with Gasteiger partial charge in [-0.3, -0.25) is 9.69 Å². The van der Waals surface area contributed by atoms with Gasteiger partial charge in [-0.2, -0.15) is 0 Å². The fourth-order valence-corrected chi connectivity index (χ4v) is 4.18. The second-order valence-corrected chi connectivity index (χ2v) is 7.68. The van der Waals surface area contributed by atoms with E-state index in [1.54, 1.807) is 0 Å². The summed E-state index contributed by atoms with van der Waals surface area (Å²) in [6.45, 7) is 5.21. The zero-order valence-corrected chi connectivity index (χ0v) is 19.1. The average molecular weight is 454 g/mol. The third kappa shape index (κ3) is 6.75. The third-order valence-corrected chi connectivity index (χ3v) is 5.98. The highest BCUT2D eigenvalue weighted by molar-refractivity contribution is 5.86. The standard InChI is InChI=1S/C20H32N4O.3ClH/c1-23-14-10-20(11-15-23,24-12-6-3-7-13-24)16-22-19(25)18(21)17-8-4-2-5-9-17;;;/h2,4-5,8-9,18H,3,6-7,10-16,21H2,1H3,(H,22,25);3*1H. The van der Waals surface area contributed by atoms with Crippen molar-refractivity contribution in [2.75, 3.05) is 39.8 Å². The molecular formula is C20H35Cl3N4O. The zero-order chi connectivity index (χ0) is 17.7. The second-order valence-electron chi connectivity index (χ2n) is 7.68. The Morgan fingerprint density at radius 1 is 1.04 bits per heavy atom. The molecule has 2 aliphatic rings. The van der Waals surface area contributed by atoms with Crippen LogP contribution in [0.15, 0.2) is 30.3 Å². The minimum absolute atomic E-state index is 0. The molecule has 0 bridgehead atoms. The Balaban J connectivity index is 0.00000243. The van der Waals surface area contributed by atoms with Gasteiger partial charge >= 0.3 is 0 Å². The number of carbonyl (C=O) groups excluding carboxylic acids is 1. The number of rotatable bonds is 5. The highest BCUT2D eigenvalue weighted by Crippen LogP contribution is 2.31. The van der Waals surface area contributed by atoms with E-state index < -0.39 is 6.04 Å². The van der Waals surface area contributed by atoms with Crippen LogP contribution in [-0.2, 0) is 4.79 Å². The summed E-state index contributed by atoms with van der Waals surface area (Å²) in [6.07, 6.45) is 6.11. The molecule has 8 heteroatoms. The lowest BCUT2D eigenvalue weighted by molar-refractivity contribution is -0.123. The fourth-order valence-electron chi connectivity index (χ4n) is 4.18. The van der Waals surface area contributed by atoms with Crippen LogP contribution in [0.1, 0.15) is 43.7 Å². The van der Waals surface area contributed by atoms with Crippen molar-refractivity contribution < 1.29 is 4.79 Å². The maximum absolute atomic E-state index is 12.6. The molecule has 0 spiro atoms. The Labute approximate surface area is 188 Å². The topological polar surface area (TPSA) is 61.6 Å². The smallest absolute Gasteiger partial charge is 0.241 e. The van der Waals surface area contributed by atoms with Crippen LogP contribution in [0.25, 0.3) is 0 Å². The molecule has 5 nitrogen and oxygen atoms in total. The summed E-state index contributed by atoms with van der Waals surface area (Å²) in [4.78, 5) is 17.6. The number of hydrogen-bond acceptors (Lipinski definition) is 4. The molecule has 1 atom stereocenters. The quantitative estimate of drug-likeness (QED) is 0.719. The van der Waals surface area contributed by atoms with E-state index in [2.05, 4.69) is 22.2 Å². The van der Waals surface area contributed by atoms with E-state index in [-0.39, 0.29) is 48.7 Å². The van der Waals surface area contributed by atoms with Crippen LogP contribution in [0, 0.1) is 0 Å². The van der Waals surface area contributed by atoms with Crippen molar-refractivity contribution in [3.05, 3.63) is 35.9 Å². The summed E-state index contributed by atoms with van der Waals surface area (Å²) in [5.41, 5.74) is 7.13. The monoisotopic (exact) mass is 452 g/mol. The first-order valence-electron chi connectivity index (χ1n) is 9.63. The van der Waals surface area contributed by atoms with E-state index in [1.165, 1.54) is 19.3 Å². The maximum Gasteiger partial charge on any atom is 0.241 e. The largest absolute Gasteiger partial charge is 0.353 e. The molecule has 28 heavy (non-hydrogen) atoms. The van der Waals surface area contributed by atoms with Gasteiger partial charge in [0.25, 0.3) is 0 Å². The SMILES string of the molecule is CN1CCC(CNC(=O)C(N)c2ccccc2)(N2CCCCC2)CC1.Cl.Cl.Cl. The molecule has 3 rings (SSSR count). The van der Waals surface area contributed by atoms with Crippen molar-refractivity contribution in [2.24, 2.45) is 5.73 Å². The number of hydrogen-bond donors (Lipinski definition) is 2. The van der Waals surface area contributed by atoms with Gasteiger partial charge in [-0.05, 0) is 64.5 Å². The first kappa shape index (κ1) is 27.4. The number of nitrogens with two attached hydrogens (primary N) is 1. The predicted molar refractivity (Wildman–Crippen MR) is 123 cm³/mol. The van der Waals surface area contributed by atoms with Crippen molar-refractivity contribution in [2.45, 2.75) is 43.7 Å². The Morgan fingerprint density at radius 3 is 2.18 bits per heavy atom. The third-order valence-electron chi connectivity index (χ3n) is 5.98. The Hall–Kier alpha value is -0.560.